The van der Waals surface area contributed by atoms with E-state index in [4.69, 9.17) is 0 Å². The van der Waals surface area contributed by atoms with Gasteiger partial charge in [-0.3, -0.25) is 13.7 Å². The summed E-state index contributed by atoms with van der Waals surface area (Å²) in [6.07, 6.45) is 0. The van der Waals surface area contributed by atoms with Crippen molar-refractivity contribution in [2.75, 3.05) is 5.32 Å². The molecule has 0 amide bonds. The van der Waals surface area contributed by atoms with Crippen molar-refractivity contribution in [3.8, 4) is 5.75 Å². The molecular weight excluding hydrogens is 574 g/mol. The van der Waals surface area contributed by atoms with Crippen LogP contribution >= 0.6 is 0 Å². The Hall–Kier alpha value is -3.93. The Balaban J connectivity index is 2.07. The number of para-hydroxylation sites is 1. The molecule has 0 saturated carbocycles. The second kappa shape index (κ2) is 9.99. The minimum absolute atomic E-state index is 0.0939. The Morgan fingerprint density at radius 2 is 1.31 bits per heavy atom. The summed E-state index contributed by atoms with van der Waals surface area (Å²) in [6, 6.07) is 14.2. The zero-order valence-electron chi connectivity index (χ0n) is 19.7. The first-order valence-corrected chi connectivity index (χ1v) is 15.0. The van der Waals surface area contributed by atoms with Gasteiger partial charge in [0.2, 0.25) is 0 Å². The number of aromatic hydroxyl groups is 1. The number of nitrogens with zero attached hydrogens (tertiary/aromatic N) is 2. The van der Waals surface area contributed by atoms with Gasteiger partial charge in [-0.15, -0.1) is 10.2 Å². The third-order valence-corrected chi connectivity index (χ3v) is 8.11. The van der Waals surface area contributed by atoms with Gasteiger partial charge in [-0.25, -0.2) is 0 Å². The number of anilines is 2. The van der Waals surface area contributed by atoms with E-state index >= 15 is 0 Å². The lowest BCUT2D eigenvalue weighted by molar-refractivity contribution is 0.472. The molecule has 13 nitrogen and oxygen atoms in total. The minimum Gasteiger partial charge on any atom is -0.505 e. The van der Waals surface area contributed by atoms with Crippen molar-refractivity contribution >= 4 is 63.9 Å². The standard InChI is InChI=1S/C23H19N3O10S3/c1-13-6-2-3-7-16(13)24-18-12-15(37(28,29)30)10-14-11-20(39(34,35)36)22(23(27)21(14)18)26-25-17-8-4-5-9-19(17)38(31,32)33/h2-12,24,27H,1H3,(H,28,29,30)(H,31,32,33)(H,34,35,36). The van der Waals surface area contributed by atoms with Gasteiger partial charge in [-0.1, -0.05) is 30.3 Å². The molecule has 0 saturated heterocycles. The number of phenols is 1. The van der Waals surface area contributed by atoms with Crippen LogP contribution < -0.4 is 5.32 Å². The fourth-order valence-electron chi connectivity index (χ4n) is 3.72. The first-order chi connectivity index (χ1) is 18.1. The largest absolute Gasteiger partial charge is 0.505 e. The van der Waals surface area contributed by atoms with E-state index in [1.165, 1.54) is 12.1 Å². The number of rotatable bonds is 7. The van der Waals surface area contributed by atoms with Crippen LogP contribution in [-0.4, -0.2) is 44.0 Å². The van der Waals surface area contributed by atoms with Crippen LogP contribution in [0.3, 0.4) is 0 Å². The fraction of sp³-hybridized carbons (Fsp3) is 0.0435. The predicted octanol–water partition coefficient (Wildman–Crippen LogP) is 4.75. The fourth-order valence-corrected chi connectivity index (χ4v) is 5.54. The van der Waals surface area contributed by atoms with E-state index in [1.807, 2.05) is 0 Å². The summed E-state index contributed by atoms with van der Waals surface area (Å²) in [5.41, 5.74) is -0.152. The molecule has 4 aromatic rings. The molecule has 204 valence electrons. The average Bonchev–Trinajstić information content (AvgIpc) is 2.83. The van der Waals surface area contributed by atoms with Gasteiger partial charge in [-0.2, -0.15) is 25.3 Å². The molecule has 0 aliphatic rings. The predicted molar refractivity (Wildman–Crippen MR) is 140 cm³/mol. The maximum atomic E-state index is 12.2. The van der Waals surface area contributed by atoms with Crippen LogP contribution in [0.1, 0.15) is 5.56 Å². The lowest BCUT2D eigenvalue weighted by atomic mass is 10.1. The van der Waals surface area contributed by atoms with E-state index in [1.54, 1.807) is 31.2 Å². The molecule has 0 aliphatic carbocycles. The van der Waals surface area contributed by atoms with Crippen LogP contribution in [0.15, 0.2) is 91.6 Å². The molecule has 5 N–H and O–H groups in total. The van der Waals surface area contributed by atoms with Gasteiger partial charge >= 0.3 is 0 Å². The summed E-state index contributed by atoms with van der Waals surface area (Å²) in [7, 11) is -14.7. The van der Waals surface area contributed by atoms with Crippen molar-refractivity contribution in [2.24, 2.45) is 10.2 Å². The molecule has 39 heavy (non-hydrogen) atoms. The van der Waals surface area contributed by atoms with Crippen molar-refractivity contribution in [1.82, 2.24) is 0 Å². The van der Waals surface area contributed by atoms with Crippen molar-refractivity contribution in [2.45, 2.75) is 21.6 Å². The van der Waals surface area contributed by atoms with E-state index in [9.17, 15) is 44.0 Å². The number of phenolic OH excluding ortho intramolecular Hbond substituents is 1. The first-order valence-electron chi connectivity index (χ1n) is 10.7. The summed E-state index contributed by atoms with van der Waals surface area (Å²) in [5.74, 6) is -0.883. The molecule has 0 bridgehead atoms. The van der Waals surface area contributed by atoms with E-state index in [2.05, 4.69) is 15.5 Å². The zero-order chi connectivity index (χ0) is 28.8. The van der Waals surface area contributed by atoms with E-state index in [0.717, 1.165) is 30.3 Å². The monoisotopic (exact) mass is 593 g/mol. The molecule has 0 atom stereocenters. The van der Waals surface area contributed by atoms with Crippen LogP contribution in [0.4, 0.5) is 22.7 Å². The summed E-state index contributed by atoms with van der Waals surface area (Å²) < 4.78 is 101. The normalized spacial score (nSPS) is 12.7. The second-order valence-corrected chi connectivity index (χ2v) is 12.4. The van der Waals surface area contributed by atoms with Gasteiger partial charge < -0.3 is 10.4 Å². The highest BCUT2D eigenvalue weighted by Gasteiger charge is 2.26. The highest BCUT2D eigenvalue weighted by atomic mass is 32.2. The van der Waals surface area contributed by atoms with E-state index < -0.39 is 62.2 Å². The topological polar surface area (TPSA) is 220 Å². The van der Waals surface area contributed by atoms with Gasteiger partial charge in [-0.05, 0) is 54.3 Å². The SMILES string of the molecule is Cc1ccccc1Nc1cc(S(=O)(=O)O)cc2cc(S(=O)(=O)O)c(N=Nc3ccccc3S(=O)(=O)O)c(O)c12. The van der Waals surface area contributed by atoms with Crippen LogP contribution in [0.25, 0.3) is 10.8 Å². The van der Waals surface area contributed by atoms with Crippen LogP contribution in [-0.2, 0) is 30.4 Å². The minimum atomic E-state index is -5.13. The van der Waals surface area contributed by atoms with Crippen LogP contribution in [0.5, 0.6) is 5.75 Å². The number of aryl methyl sites for hydroxylation is 1. The Labute approximate surface area is 222 Å². The Morgan fingerprint density at radius 1 is 0.692 bits per heavy atom. The summed E-state index contributed by atoms with van der Waals surface area (Å²) in [6.45, 7) is 1.74. The van der Waals surface area contributed by atoms with Crippen molar-refractivity contribution in [1.29, 1.82) is 0 Å². The smallest absolute Gasteiger partial charge is 0.296 e. The van der Waals surface area contributed by atoms with E-state index in [0.29, 0.717) is 11.3 Å². The van der Waals surface area contributed by atoms with Gasteiger partial charge in [0, 0.05) is 11.1 Å². The van der Waals surface area contributed by atoms with Gasteiger partial charge in [0.05, 0.1) is 10.6 Å². The molecule has 4 aromatic carbocycles. The zero-order valence-corrected chi connectivity index (χ0v) is 22.2. The molecule has 0 aliphatic heterocycles. The molecule has 0 fully saturated rings. The molecule has 0 heterocycles. The first kappa shape index (κ1) is 28.1. The highest BCUT2D eigenvalue weighted by Crippen LogP contribution is 2.46. The molecule has 4 rings (SSSR count). The maximum Gasteiger partial charge on any atom is 0.296 e. The van der Waals surface area contributed by atoms with Crippen LogP contribution in [0.2, 0.25) is 0 Å². The van der Waals surface area contributed by atoms with Gasteiger partial charge in [0.25, 0.3) is 30.4 Å². The Bertz CT molecular complexity index is 1990. The van der Waals surface area contributed by atoms with Gasteiger partial charge in [0.15, 0.2) is 5.75 Å². The van der Waals surface area contributed by atoms with Crippen molar-refractivity contribution in [3.05, 3.63) is 72.3 Å². The maximum absolute atomic E-state index is 12.2. The number of azo groups is 1. The lowest BCUT2D eigenvalue weighted by Gasteiger charge is -2.16. The molecule has 0 radical (unpaired) electrons. The third-order valence-electron chi connectivity index (χ3n) is 5.51. The summed E-state index contributed by atoms with van der Waals surface area (Å²) >= 11 is 0. The highest BCUT2D eigenvalue weighted by molar-refractivity contribution is 7.86. The number of hydrogen-bond acceptors (Lipinski definition) is 10. The Kier molecular flexibility index (Phi) is 7.20. The molecule has 0 spiro atoms. The van der Waals surface area contributed by atoms with Crippen molar-refractivity contribution < 1.29 is 44.0 Å². The number of fused-ring (bicyclic) bond motifs is 1. The van der Waals surface area contributed by atoms with E-state index in [-0.39, 0.29) is 16.5 Å². The molecule has 16 heteroatoms. The average molecular weight is 594 g/mol. The number of benzene rings is 4. The van der Waals surface area contributed by atoms with Gasteiger partial charge in [0.1, 0.15) is 21.2 Å². The Morgan fingerprint density at radius 3 is 1.92 bits per heavy atom. The second-order valence-electron chi connectivity index (χ2n) is 8.17. The van der Waals surface area contributed by atoms with Crippen LogP contribution in [0, 0.1) is 6.92 Å². The summed E-state index contributed by atoms with van der Waals surface area (Å²) in [4.78, 5) is -2.32. The number of nitrogens with one attached hydrogen (secondary N) is 1. The molecule has 0 aromatic heterocycles. The lowest BCUT2D eigenvalue weighted by Crippen LogP contribution is -2.03. The summed E-state index contributed by atoms with van der Waals surface area (Å²) in [5, 5.41) is 21.0. The number of hydrogen-bond donors (Lipinski definition) is 5. The van der Waals surface area contributed by atoms with Crippen molar-refractivity contribution in [3.63, 3.8) is 0 Å². The molecule has 0 unspecified atom stereocenters. The quantitative estimate of drug-likeness (QED) is 0.145. The third kappa shape index (κ3) is 5.90. The molecular formula is C23H19N3O10S3.